The molecule has 3 fully saturated rings. The fourth-order valence-electron chi connectivity index (χ4n) is 2.78. The zero-order chi connectivity index (χ0) is 30.1. The van der Waals surface area contributed by atoms with Gasteiger partial charge in [-0.2, -0.15) is 0 Å². The Balaban J connectivity index is 0.000000159. The van der Waals surface area contributed by atoms with Gasteiger partial charge in [-0.3, -0.25) is 20.2 Å². The number of hydrogen-bond donors (Lipinski definition) is 4. The van der Waals surface area contributed by atoms with Gasteiger partial charge in [0.25, 0.3) is 0 Å². The zero-order valence-electron chi connectivity index (χ0n) is 21.5. The molecule has 3 heterocycles. The molecule has 0 atom stereocenters. The van der Waals surface area contributed by atoms with E-state index >= 15 is 0 Å². The Labute approximate surface area is 255 Å². The Morgan fingerprint density at radius 3 is 1.56 bits per heavy atom. The van der Waals surface area contributed by atoms with Crippen molar-refractivity contribution in [1.82, 2.24) is 15.0 Å². The minimum absolute atomic E-state index is 0.00463. The summed E-state index contributed by atoms with van der Waals surface area (Å²) < 4.78 is 0. The lowest BCUT2D eigenvalue weighted by molar-refractivity contribution is -0.385. The predicted molar refractivity (Wildman–Crippen MR) is 161 cm³/mol. The third kappa shape index (κ3) is 12.0. The van der Waals surface area contributed by atoms with E-state index in [1.807, 2.05) is 0 Å². The number of anilines is 3. The second kappa shape index (κ2) is 15.1. The molecule has 0 amide bonds. The lowest BCUT2D eigenvalue weighted by atomic mass is 10.3. The minimum Gasteiger partial charge on any atom is -0.396 e. The largest absolute Gasteiger partial charge is 0.396 e. The molecule has 0 aliphatic heterocycles. The molecule has 3 aromatic rings. The molecule has 0 unspecified atom stereocenters. The van der Waals surface area contributed by atoms with Crippen LogP contribution in [0.3, 0.4) is 0 Å². The Morgan fingerprint density at radius 1 is 0.707 bits per heavy atom. The third-order valence-electron chi connectivity index (χ3n) is 5.44. The van der Waals surface area contributed by atoms with E-state index in [0.29, 0.717) is 34.7 Å². The molecule has 0 saturated heterocycles. The molecule has 17 heteroatoms. The second-order valence-corrected chi connectivity index (χ2v) is 10.8. The van der Waals surface area contributed by atoms with Crippen molar-refractivity contribution in [3.8, 4) is 0 Å². The molecule has 0 aromatic carbocycles. The van der Waals surface area contributed by atoms with Gasteiger partial charge in [-0.1, -0.05) is 46.4 Å². The number of aromatic nitrogens is 3. The van der Waals surface area contributed by atoms with E-state index < -0.39 is 9.85 Å². The number of nitrogens with zero attached hydrogens (tertiary/aromatic N) is 5. The van der Waals surface area contributed by atoms with Gasteiger partial charge in [-0.25, -0.2) is 15.0 Å². The summed E-state index contributed by atoms with van der Waals surface area (Å²) in [5.41, 5.74) is 12.7. The number of rotatable bonds is 6. The summed E-state index contributed by atoms with van der Waals surface area (Å²) in [5.74, 6) is 0. The van der Waals surface area contributed by atoms with Crippen LogP contribution >= 0.6 is 46.4 Å². The summed E-state index contributed by atoms with van der Waals surface area (Å²) in [6.07, 6.45) is 10.8. The zero-order valence-corrected chi connectivity index (χ0v) is 24.5. The van der Waals surface area contributed by atoms with Crippen LogP contribution in [0.2, 0.25) is 20.5 Å². The molecule has 3 aromatic heterocycles. The average Bonchev–Trinajstić information content (AvgIpc) is 3.74. The molecule has 0 spiro atoms. The predicted octanol–water partition coefficient (Wildman–Crippen LogP) is 6.51. The van der Waals surface area contributed by atoms with Gasteiger partial charge in [-0.15, -0.1) is 0 Å². The van der Waals surface area contributed by atoms with Crippen LogP contribution in [0.15, 0.2) is 36.8 Å². The Kier molecular flexibility index (Phi) is 11.9. The van der Waals surface area contributed by atoms with E-state index in [2.05, 4.69) is 25.6 Å². The molecule has 3 saturated carbocycles. The Morgan fingerprint density at radius 2 is 1.12 bits per heavy atom. The van der Waals surface area contributed by atoms with Crippen molar-refractivity contribution in [2.75, 3.05) is 16.4 Å². The van der Waals surface area contributed by atoms with Gasteiger partial charge in [0.2, 0.25) is 0 Å². The molecule has 0 radical (unpaired) electrons. The first kappa shape index (κ1) is 32.3. The standard InChI is InChI=1S/C8H8ClN3O2.C8H10ClN3.C5H2Cl2N2O2.C3H7N/c9-8-3-6(11-5-1-2-5)7(4-10-8)12(13)14;9-8-3-7(6(10)4-11-8)12-5-1-2-5;6-3-1-5(7)8-2-4(3)9(10)11;4-3-1-2-3/h3-5H,1-2H2,(H,10,11);3-5H,1-2,10H2,(H,11,12);1-2H;3H,1-2,4H2. The average molecular weight is 647 g/mol. The maximum absolute atomic E-state index is 10.6. The van der Waals surface area contributed by atoms with E-state index in [1.165, 1.54) is 44.0 Å². The van der Waals surface area contributed by atoms with Crippen molar-refractivity contribution in [1.29, 1.82) is 0 Å². The summed E-state index contributed by atoms with van der Waals surface area (Å²) in [5, 5.41) is 28.0. The molecule has 220 valence electrons. The van der Waals surface area contributed by atoms with Crippen molar-refractivity contribution in [3.63, 3.8) is 0 Å². The van der Waals surface area contributed by atoms with Gasteiger partial charge in [-0.05, 0) is 38.5 Å². The van der Waals surface area contributed by atoms with Gasteiger partial charge < -0.3 is 22.1 Å². The molecular weight excluding hydrogens is 620 g/mol. The highest BCUT2D eigenvalue weighted by atomic mass is 35.5. The molecule has 6 rings (SSSR count). The van der Waals surface area contributed by atoms with E-state index in [4.69, 9.17) is 57.9 Å². The van der Waals surface area contributed by atoms with Crippen molar-refractivity contribution in [3.05, 3.63) is 77.5 Å². The number of pyridine rings is 3. The van der Waals surface area contributed by atoms with Crippen LogP contribution in [0.25, 0.3) is 0 Å². The van der Waals surface area contributed by atoms with E-state index in [0.717, 1.165) is 24.7 Å². The number of halogens is 4. The minimum atomic E-state index is -0.619. The summed E-state index contributed by atoms with van der Waals surface area (Å²) in [7, 11) is 0. The monoisotopic (exact) mass is 645 g/mol. The Bertz CT molecular complexity index is 1370. The molecular formula is C24H27Cl4N9O4. The van der Waals surface area contributed by atoms with Gasteiger partial charge >= 0.3 is 11.4 Å². The maximum Gasteiger partial charge on any atom is 0.310 e. The topological polar surface area (TPSA) is 201 Å². The number of nitro groups is 2. The highest BCUT2D eigenvalue weighted by Gasteiger charge is 2.25. The number of nitrogens with two attached hydrogens (primary N) is 2. The fourth-order valence-corrected chi connectivity index (χ4v) is 3.53. The molecule has 0 bridgehead atoms. The molecule has 13 nitrogen and oxygen atoms in total. The van der Waals surface area contributed by atoms with Crippen LogP contribution in [0.1, 0.15) is 38.5 Å². The summed E-state index contributed by atoms with van der Waals surface area (Å²) in [4.78, 5) is 30.7. The second-order valence-electron chi connectivity index (χ2n) is 9.27. The first-order valence-corrected chi connectivity index (χ1v) is 13.9. The van der Waals surface area contributed by atoms with Crippen molar-refractivity contribution in [2.24, 2.45) is 5.73 Å². The van der Waals surface area contributed by atoms with Crippen LogP contribution in [-0.2, 0) is 0 Å². The number of nitrogen functional groups attached to an aromatic ring is 1. The summed E-state index contributed by atoms with van der Waals surface area (Å²) in [6.45, 7) is 0. The number of hydrogen-bond acceptors (Lipinski definition) is 11. The van der Waals surface area contributed by atoms with Crippen molar-refractivity contribution in [2.45, 2.75) is 56.7 Å². The van der Waals surface area contributed by atoms with E-state index in [9.17, 15) is 20.2 Å². The van der Waals surface area contributed by atoms with E-state index in [1.54, 1.807) is 12.3 Å². The summed E-state index contributed by atoms with van der Waals surface area (Å²) >= 11 is 22.2. The maximum atomic E-state index is 10.6. The molecule has 3 aliphatic rings. The van der Waals surface area contributed by atoms with Crippen molar-refractivity contribution >= 4 is 74.8 Å². The van der Waals surface area contributed by atoms with Crippen molar-refractivity contribution < 1.29 is 9.85 Å². The van der Waals surface area contributed by atoms with E-state index in [-0.39, 0.29) is 26.7 Å². The fraction of sp³-hybridized carbons (Fsp3) is 0.375. The third-order valence-corrected chi connectivity index (χ3v) is 6.36. The Hall–Kier alpha value is -3.23. The van der Waals surface area contributed by atoms with Crippen LogP contribution in [0, 0.1) is 20.2 Å². The van der Waals surface area contributed by atoms with Gasteiger partial charge in [0.1, 0.15) is 38.6 Å². The highest BCUT2D eigenvalue weighted by Crippen LogP contribution is 2.32. The number of nitrogens with one attached hydrogen (secondary N) is 2. The quantitative estimate of drug-likeness (QED) is 0.129. The van der Waals surface area contributed by atoms with Gasteiger partial charge in [0, 0.05) is 36.3 Å². The smallest absolute Gasteiger partial charge is 0.310 e. The van der Waals surface area contributed by atoms with Crippen LogP contribution < -0.4 is 22.1 Å². The highest BCUT2D eigenvalue weighted by molar-refractivity contribution is 6.35. The van der Waals surface area contributed by atoms with Gasteiger partial charge in [0.15, 0.2) is 0 Å². The molecule has 6 N–H and O–H groups in total. The normalized spacial score (nSPS) is 15.0. The lowest BCUT2D eigenvalue weighted by Crippen LogP contribution is -2.04. The van der Waals surface area contributed by atoms with Crippen LogP contribution in [0.4, 0.5) is 28.4 Å². The van der Waals surface area contributed by atoms with Crippen LogP contribution in [0.5, 0.6) is 0 Å². The lowest BCUT2D eigenvalue weighted by Gasteiger charge is -2.06. The molecule has 41 heavy (non-hydrogen) atoms. The SMILES string of the molecule is NC1CC1.Nc1cnc(Cl)cc1NC1CC1.O=[N+]([O-])c1cnc(Cl)cc1Cl.O=[N+]([O-])c1cnc(Cl)cc1NC1CC1. The van der Waals surface area contributed by atoms with Crippen LogP contribution in [-0.4, -0.2) is 42.9 Å². The van der Waals surface area contributed by atoms with Gasteiger partial charge in [0.05, 0.1) is 27.4 Å². The first-order chi connectivity index (χ1) is 19.4. The molecule has 3 aliphatic carbocycles. The first-order valence-electron chi connectivity index (χ1n) is 12.4. The summed E-state index contributed by atoms with van der Waals surface area (Å²) in [6, 6.07) is 5.99.